The molecule has 5 nitrogen and oxygen atoms in total. The second-order valence-corrected chi connectivity index (χ2v) is 7.90. The summed E-state index contributed by atoms with van der Waals surface area (Å²) in [6.45, 7) is 2.15. The number of aromatic nitrogens is 2. The standard InChI is InChI=1S/C24H27N3O2/c1-17(25-24(29)19-12-6-3-7-13-19)23-26-20-14-8-9-15-21(20)27(23)16-22(28)18-10-4-2-5-11-18/h2,4-5,8-11,14-15,17,19H,3,6-7,12-13,16H2,1H3,(H,25,29). The second-order valence-electron chi connectivity index (χ2n) is 7.90. The molecule has 0 saturated heterocycles. The molecule has 2 aromatic carbocycles. The molecule has 0 bridgehead atoms. The lowest BCUT2D eigenvalue weighted by atomic mass is 9.88. The van der Waals surface area contributed by atoms with Crippen molar-refractivity contribution in [3.63, 3.8) is 0 Å². The van der Waals surface area contributed by atoms with Gasteiger partial charge >= 0.3 is 0 Å². The summed E-state index contributed by atoms with van der Waals surface area (Å²) in [5.74, 6) is 0.945. The van der Waals surface area contributed by atoms with Crippen LogP contribution in [-0.2, 0) is 11.3 Å². The first-order valence-electron chi connectivity index (χ1n) is 10.5. The molecule has 1 saturated carbocycles. The SMILES string of the molecule is CC(NC(=O)C1CCCCC1)c1nc2ccccc2n1CC(=O)c1ccccc1. The summed E-state index contributed by atoms with van der Waals surface area (Å²) in [6, 6.07) is 16.8. The van der Waals surface area contributed by atoms with Crippen molar-refractivity contribution in [1.29, 1.82) is 0 Å². The molecule has 150 valence electrons. The van der Waals surface area contributed by atoms with Gasteiger partial charge in [0.2, 0.25) is 5.91 Å². The smallest absolute Gasteiger partial charge is 0.223 e. The fourth-order valence-corrected chi connectivity index (χ4v) is 4.21. The summed E-state index contributed by atoms with van der Waals surface area (Å²) >= 11 is 0. The molecule has 1 unspecified atom stereocenters. The summed E-state index contributed by atoms with van der Waals surface area (Å²) in [4.78, 5) is 30.4. The molecular weight excluding hydrogens is 362 g/mol. The van der Waals surface area contributed by atoms with Gasteiger partial charge < -0.3 is 9.88 Å². The Morgan fingerprint density at radius 2 is 1.72 bits per heavy atom. The van der Waals surface area contributed by atoms with Gasteiger partial charge in [0.05, 0.1) is 23.6 Å². The van der Waals surface area contributed by atoms with E-state index in [1.165, 1.54) is 6.42 Å². The number of hydrogen-bond donors (Lipinski definition) is 1. The van der Waals surface area contributed by atoms with Crippen LogP contribution in [0.4, 0.5) is 0 Å². The Bertz CT molecular complexity index is 1000. The van der Waals surface area contributed by atoms with Crippen LogP contribution >= 0.6 is 0 Å². The van der Waals surface area contributed by atoms with E-state index in [1.54, 1.807) is 0 Å². The Morgan fingerprint density at radius 3 is 2.48 bits per heavy atom. The zero-order valence-electron chi connectivity index (χ0n) is 16.8. The molecule has 1 atom stereocenters. The third-order valence-corrected chi connectivity index (χ3v) is 5.80. The third kappa shape index (κ3) is 4.24. The van der Waals surface area contributed by atoms with E-state index in [-0.39, 0.29) is 30.2 Å². The Labute approximate surface area is 171 Å². The second kappa shape index (κ2) is 8.60. The van der Waals surface area contributed by atoms with Crippen LogP contribution in [0.15, 0.2) is 54.6 Å². The van der Waals surface area contributed by atoms with E-state index in [9.17, 15) is 9.59 Å². The van der Waals surface area contributed by atoms with Crippen LogP contribution in [0.5, 0.6) is 0 Å². The van der Waals surface area contributed by atoms with Crippen LogP contribution in [0.1, 0.15) is 61.3 Å². The zero-order valence-corrected chi connectivity index (χ0v) is 16.8. The van der Waals surface area contributed by atoms with Crippen LogP contribution in [0.25, 0.3) is 11.0 Å². The number of amides is 1. The number of imidazole rings is 1. The molecular formula is C24H27N3O2. The molecule has 1 fully saturated rings. The first-order chi connectivity index (χ1) is 14.1. The molecule has 4 rings (SSSR count). The maximum atomic E-state index is 12.9. The van der Waals surface area contributed by atoms with Crippen LogP contribution in [-0.4, -0.2) is 21.2 Å². The van der Waals surface area contributed by atoms with Crippen LogP contribution in [0, 0.1) is 5.92 Å². The molecule has 1 aliphatic carbocycles. The predicted molar refractivity (Wildman–Crippen MR) is 114 cm³/mol. The molecule has 1 aromatic heterocycles. The van der Waals surface area contributed by atoms with E-state index >= 15 is 0 Å². The van der Waals surface area contributed by atoms with Crippen molar-refractivity contribution in [2.75, 3.05) is 0 Å². The monoisotopic (exact) mass is 389 g/mol. The Hall–Kier alpha value is -2.95. The van der Waals surface area contributed by atoms with Gasteiger partial charge in [0.1, 0.15) is 5.82 Å². The first kappa shape index (κ1) is 19.4. The van der Waals surface area contributed by atoms with Crippen molar-refractivity contribution >= 4 is 22.7 Å². The summed E-state index contributed by atoms with van der Waals surface area (Å²) in [5, 5.41) is 3.15. The average molecular weight is 389 g/mol. The molecule has 0 aliphatic heterocycles. The summed E-state index contributed by atoms with van der Waals surface area (Å²) in [7, 11) is 0. The Morgan fingerprint density at radius 1 is 1.03 bits per heavy atom. The Balaban J connectivity index is 1.60. The lowest BCUT2D eigenvalue weighted by Crippen LogP contribution is -2.35. The Kier molecular flexibility index (Phi) is 5.74. The fourth-order valence-electron chi connectivity index (χ4n) is 4.21. The predicted octanol–water partition coefficient (Wildman–Crippen LogP) is 4.68. The highest BCUT2D eigenvalue weighted by Crippen LogP contribution is 2.26. The molecule has 0 spiro atoms. The lowest BCUT2D eigenvalue weighted by Gasteiger charge is -2.23. The van der Waals surface area contributed by atoms with Gasteiger partial charge in [-0.05, 0) is 31.9 Å². The normalized spacial score (nSPS) is 15.9. The molecule has 1 aliphatic rings. The topological polar surface area (TPSA) is 64.0 Å². The number of nitrogens with zero attached hydrogens (tertiary/aromatic N) is 2. The van der Waals surface area contributed by atoms with Crippen molar-refractivity contribution in [2.45, 2.75) is 51.6 Å². The fraction of sp³-hybridized carbons (Fsp3) is 0.375. The van der Waals surface area contributed by atoms with Gasteiger partial charge in [-0.15, -0.1) is 0 Å². The van der Waals surface area contributed by atoms with Crippen LogP contribution < -0.4 is 5.32 Å². The van der Waals surface area contributed by atoms with E-state index in [1.807, 2.05) is 66.1 Å². The van der Waals surface area contributed by atoms with Crippen molar-refractivity contribution < 1.29 is 9.59 Å². The third-order valence-electron chi connectivity index (χ3n) is 5.80. The van der Waals surface area contributed by atoms with E-state index in [4.69, 9.17) is 4.98 Å². The summed E-state index contributed by atoms with van der Waals surface area (Å²) in [5.41, 5.74) is 2.42. The highest BCUT2D eigenvalue weighted by Gasteiger charge is 2.25. The van der Waals surface area contributed by atoms with Gasteiger partial charge in [0.25, 0.3) is 0 Å². The molecule has 29 heavy (non-hydrogen) atoms. The number of benzene rings is 2. The quantitative estimate of drug-likeness (QED) is 0.623. The van der Waals surface area contributed by atoms with Gasteiger partial charge in [0, 0.05) is 11.5 Å². The average Bonchev–Trinajstić information content (AvgIpc) is 3.13. The van der Waals surface area contributed by atoms with Gasteiger partial charge in [0.15, 0.2) is 5.78 Å². The number of ketones is 1. The van der Waals surface area contributed by atoms with Gasteiger partial charge in [-0.1, -0.05) is 61.7 Å². The van der Waals surface area contributed by atoms with Gasteiger partial charge in [-0.2, -0.15) is 0 Å². The van der Waals surface area contributed by atoms with Crippen molar-refractivity contribution in [2.24, 2.45) is 5.92 Å². The summed E-state index contributed by atoms with van der Waals surface area (Å²) in [6.07, 6.45) is 5.38. The molecule has 3 aromatic rings. The molecule has 1 amide bonds. The van der Waals surface area contributed by atoms with E-state index in [2.05, 4.69) is 5.32 Å². The maximum Gasteiger partial charge on any atom is 0.223 e. The molecule has 0 radical (unpaired) electrons. The van der Waals surface area contributed by atoms with Crippen molar-refractivity contribution in [3.8, 4) is 0 Å². The van der Waals surface area contributed by atoms with Gasteiger partial charge in [-0.25, -0.2) is 4.98 Å². The van der Waals surface area contributed by atoms with Gasteiger partial charge in [-0.3, -0.25) is 9.59 Å². The zero-order chi connectivity index (χ0) is 20.2. The number of hydrogen-bond acceptors (Lipinski definition) is 3. The van der Waals surface area contributed by atoms with Crippen molar-refractivity contribution in [3.05, 3.63) is 66.0 Å². The van der Waals surface area contributed by atoms with E-state index in [0.717, 1.165) is 42.5 Å². The van der Waals surface area contributed by atoms with Crippen LogP contribution in [0.2, 0.25) is 0 Å². The number of para-hydroxylation sites is 2. The number of rotatable bonds is 6. The number of fused-ring (bicyclic) bond motifs is 1. The largest absolute Gasteiger partial charge is 0.346 e. The van der Waals surface area contributed by atoms with E-state index < -0.39 is 0 Å². The van der Waals surface area contributed by atoms with E-state index in [0.29, 0.717) is 5.56 Å². The van der Waals surface area contributed by atoms with Crippen molar-refractivity contribution in [1.82, 2.24) is 14.9 Å². The minimum absolute atomic E-state index is 0.0285. The number of nitrogens with one attached hydrogen (secondary N) is 1. The number of carbonyl (C=O) groups excluding carboxylic acids is 2. The summed E-state index contributed by atoms with van der Waals surface area (Å²) < 4.78 is 1.94. The minimum Gasteiger partial charge on any atom is -0.346 e. The minimum atomic E-state index is -0.264. The maximum absolute atomic E-state index is 12.9. The number of Topliss-reactive ketones (excluding diaryl/α,β-unsaturated/α-hetero) is 1. The first-order valence-corrected chi connectivity index (χ1v) is 10.5. The highest BCUT2D eigenvalue weighted by atomic mass is 16.2. The molecule has 1 N–H and O–H groups in total. The molecule has 1 heterocycles. The number of carbonyl (C=O) groups is 2. The van der Waals surface area contributed by atoms with Crippen LogP contribution in [0.3, 0.4) is 0 Å². The lowest BCUT2D eigenvalue weighted by molar-refractivity contribution is -0.126. The molecule has 5 heteroatoms. The highest BCUT2D eigenvalue weighted by molar-refractivity contribution is 5.96.